The molecule has 2 aliphatic rings. The highest BCUT2D eigenvalue weighted by atomic mass is 32.2. The second-order valence-electron chi connectivity index (χ2n) is 6.13. The number of pyridine rings is 1. The minimum absolute atomic E-state index is 0.191. The monoisotopic (exact) mass is 369 g/mol. The Morgan fingerprint density at radius 3 is 2.80 bits per heavy atom. The summed E-state index contributed by atoms with van der Waals surface area (Å²) in [4.78, 5) is 18.4. The van der Waals surface area contributed by atoms with Crippen LogP contribution in [0.2, 0.25) is 0 Å². The molecule has 2 fully saturated rings. The van der Waals surface area contributed by atoms with Gasteiger partial charge in [-0.05, 0) is 25.0 Å². The lowest BCUT2D eigenvalue weighted by molar-refractivity contribution is 0.0683. The maximum atomic E-state index is 12.9. The van der Waals surface area contributed by atoms with E-state index in [2.05, 4.69) is 4.98 Å². The molecule has 2 saturated heterocycles. The number of amides is 1. The number of piperidine rings is 1. The van der Waals surface area contributed by atoms with Crippen LogP contribution in [-0.2, 0) is 14.8 Å². The molecule has 0 unspecified atom stereocenters. The molecule has 1 aromatic rings. The summed E-state index contributed by atoms with van der Waals surface area (Å²) < 4.78 is 37.6. The molecule has 3 heterocycles. The molecule has 1 aromatic heterocycles. The van der Waals surface area contributed by atoms with Crippen LogP contribution in [0.4, 0.5) is 0 Å². The summed E-state index contributed by atoms with van der Waals surface area (Å²) in [6.07, 6.45) is 2.77. The number of hydrogen-bond acceptors (Lipinski definition) is 6. The molecule has 0 bridgehead atoms. The standard InChI is InChI=1S/C16H23N3O5S/c1-23-15-14(5-2-6-17-15)16(20)18-7-3-4-13(12-18)25(21,22)19-8-10-24-11-9-19/h2,5-6,13H,3-4,7-12H2,1H3/t13-/m0/s1. The van der Waals surface area contributed by atoms with E-state index in [-0.39, 0.29) is 18.3 Å². The molecule has 0 aromatic carbocycles. The van der Waals surface area contributed by atoms with Crippen LogP contribution < -0.4 is 4.74 Å². The minimum Gasteiger partial charge on any atom is -0.480 e. The van der Waals surface area contributed by atoms with Crippen LogP contribution in [0.5, 0.6) is 5.88 Å². The summed E-state index contributed by atoms with van der Waals surface area (Å²) in [5.41, 5.74) is 0.356. The first-order chi connectivity index (χ1) is 12.0. The molecule has 2 aliphatic heterocycles. The molecule has 0 saturated carbocycles. The van der Waals surface area contributed by atoms with E-state index < -0.39 is 15.3 Å². The second-order valence-corrected chi connectivity index (χ2v) is 8.35. The Balaban J connectivity index is 1.75. The lowest BCUT2D eigenvalue weighted by Gasteiger charge is -2.36. The first kappa shape index (κ1) is 18.1. The van der Waals surface area contributed by atoms with E-state index in [0.29, 0.717) is 51.3 Å². The van der Waals surface area contributed by atoms with Gasteiger partial charge in [-0.3, -0.25) is 4.79 Å². The molecular weight excluding hydrogens is 346 g/mol. The highest BCUT2D eigenvalue weighted by Gasteiger charge is 2.37. The summed E-state index contributed by atoms with van der Waals surface area (Å²) in [5.74, 6) is 0.0116. The molecule has 3 rings (SSSR count). The van der Waals surface area contributed by atoms with Crippen molar-refractivity contribution in [3.05, 3.63) is 23.9 Å². The molecule has 0 aliphatic carbocycles. The van der Waals surface area contributed by atoms with Crippen molar-refractivity contribution in [2.75, 3.05) is 46.5 Å². The van der Waals surface area contributed by atoms with Crippen molar-refractivity contribution in [2.45, 2.75) is 18.1 Å². The van der Waals surface area contributed by atoms with Gasteiger partial charge in [-0.25, -0.2) is 13.4 Å². The summed E-state index contributed by atoms with van der Waals surface area (Å²) in [6, 6.07) is 3.32. The highest BCUT2D eigenvalue weighted by molar-refractivity contribution is 7.89. The van der Waals surface area contributed by atoms with E-state index in [1.54, 1.807) is 23.2 Å². The van der Waals surface area contributed by atoms with E-state index in [9.17, 15) is 13.2 Å². The highest BCUT2D eigenvalue weighted by Crippen LogP contribution is 2.24. The SMILES string of the molecule is COc1ncccc1C(=O)N1CCC[C@H](S(=O)(=O)N2CCOCC2)C1. The molecule has 25 heavy (non-hydrogen) atoms. The third-order valence-corrected chi connectivity index (χ3v) is 6.92. The van der Waals surface area contributed by atoms with Crippen LogP contribution in [0.1, 0.15) is 23.2 Å². The van der Waals surface area contributed by atoms with Gasteiger partial charge in [-0.15, -0.1) is 0 Å². The van der Waals surface area contributed by atoms with E-state index in [1.165, 1.54) is 11.4 Å². The van der Waals surface area contributed by atoms with E-state index >= 15 is 0 Å². The van der Waals surface area contributed by atoms with E-state index in [0.717, 1.165) is 0 Å². The fraction of sp³-hybridized carbons (Fsp3) is 0.625. The van der Waals surface area contributed by atoms with Crippen LogP contribution in [0.15, 0.2) is 18.3 Å². The Morgan fingerprint density at radius 1 is 1.32 bits per heavy atom. The number of nitrogens with zero attached hydrogens (tertiary/aromatic N) is 3. The number of hydrogen-bond donors (Lipinski definition) is 0. The fourth-order valence-corrected chi connectivity index (χ4v) is 5.18. The molecule has 1 amide bonds. The van der Waals surface area contributed by atoms with Crippen LogP contribution in [0.25, 0.3) is 0 Å². The number of likely N-dealkylation sites (tertiary alicyclic amines) is 1. The van der Waals surface area contributed by atoms with E-state index in [4.69, 9.17) is 9.47 Å². The fourth-order valence-electron chi connectivity index (χ4n) is 3.26. The zero-order valence-electron chi connectivity index (χ0n) is 14.3. The first-order valence-electron chi connectivity index (χ1n) is 8.39. The molecule has 1 atom stereocenters. The number of aromatic nitrogens is 1. The van der Waals surface area contributed by atoms with E-state index in [1.807, 2.05) is 0 Å². The lowest BCUT2D eigenvalue weighted by Crippen LogP contribution is -2.51. The molecule has 0 radical (unpaired) electrons. The number of rotatable bonds is 4. The number of carbonyl (C=O) groups excluding carboxylic acids is 1. The number of sulfonamides is 1. The number of carbonyl (C=O) groups is 1. The zero-order chi connectivity index (χ0) is 17.9. The van der Waals surface area contributed by atoms with Gasteiger partial charge in [0.25, 0.3) is 5.91 Å². The van der Waals surface area contributed by atoms with Gasteiger partial charge in [0.2, 0.25) is 15.9 Å². The summed E-state index contributed by atoms with van der Waals surface area (Å²) >= 11 is 0. The van der Waals surface area contributed by atoms with Crippen molar-refractivity contribution in [3.8, 4) is 5.88 Å². The van der Waals surface area contributed by atoms with Crippen LogP contribution in [0.3, 0.4) is 0 Å². The Labute approximate surface area is 147 Å². The van der Waals surface area contributed by atoms with Crippen molar-refractivity contribution in [1.82, 2.24) is 14.2 Å². The molecule has 0 spiro atoms. The Morgan fingerprint density at radius 2 is 2.08 bits per heavy atom. The van der Waals surface area contributed by atoms with Crippen molar-refractivity contribution in [2.24, 2.45) is 0 Å². The Kier molecular flexibility index (Phi) is 5.55. The maximum Gasteiger partial charge on any atom is 0.259 e. The third-order valence-electron chi connectivity index (χ3n) is 4.61. The van der Waals surface area contributed by atoms with Gasteiger partial charge in [0.05, 0.1) is 25.6 Å². The summed E-state index contributed by atoms with van der Waals surface area (Å²) in [6.45, 7) is 2.32. The number of ether oxygens (including phenoxy) is 2. The third kappa shape index (κ3) is 3.78. The smallest absolute Gasteiger partial charge is 0.259 e. The molecule has 8 nitrogen and oxygen atoms in total. The normalized spacial score (nSPS) is 22.6. The molecule has 138 valence electrons. The average Bonchev–Trinajstić information content (AvgIpc) is 2.68. The zero-order valence-corrected chi connectivity index (χ0v) is 15.1. The van der Waals surface area contributed by atoms with Gasteiger partial charge in [0.1, 0.15) is 5.56 Å². The van der Waals surface area contributed by atoms with Crippen molar-refractivity contribution in [3.63, 3.8) is 0 Å². The quantitative estimate of drug-likeness (QED) is 0.761. The maximum absolute atomic E-state index is 12.9. The van der Waals surface area contributed by atoms with Crippen molar-refractivity contribution in [1.29, 1.82) is 0 Å². The van der Waals surface area contributed by atoms with Crippen LogP contribution in [0, 0.1) is 0 Å². The van der Waals surface area contributed by atoms with Gasteiger partial charge in [-0.2, -0.15) is 4.31 Å². The number of morpholine rings is 1. The minimum atomic E-state index is -3.44. The Hall–Kier alpha value is -1.71. The van der Waals surface area contributed by atoms with Crippen LogP contribution >= 0.6 is 0 Å². The van der Waals surface area contributed by atoms with Gasteiger partial charge < -0.3 is 14.4 Å². The van der Waals surface area contributed by atoms with Gasteiger partial charge >= 0.3 is 0 Å². The first-order valence-corrected chi connectivity index (χ1v) is 9.89. The van der Waals surface area contributed by atoms with Crippen molar-refractivity contribution >= 4 is 15.9 Å². The predicted molar refractivity (Wildman–Crippen MR) is 91.0 cm³/mol. The summed E-state index contributed by atoms with van der Waals surface area (Å²) in [7, 11) is -1.98. The largest absolute Gasteiger partial charge is 0.480 e. The number of methoxy groups -OCH3 is 1. The predicted octanol–water partition coefficient (Wildman–Crippen LogP) is 0.357. The molecule has 9 heteroatoms. The second kappa shape index (κ2) is 7.67. The van der Waals surface area contributed by atoms with Gasteiger partial charge in [0.15, 0.2) is 0 Å². The molecular formula is C16H23N3O5S. The molecule has 0 N–H and O–H groups in total. The lowest BCUT2D eigenvalue weighted by atomic mass is 10.1. The average molecular weight is 369 g/mol. The van der Waals surface area contributed by atoms with Crippen molar-refractivity contribution < 1.29 is 22.7 Å². The topological polar surface area (TPSA) is 89.0 Å². The van der Waals surface area contributed by atoms with Gasteiger partial charge in [-0.1, -0.05) is 0 Å². The van der Waals surface area contributed by atoms with Crippen LogP contribution in [-0.4, -0.2) is 80.3 Å². The van der Waals surface area contributed by atoms with Gasteiger partial charge in [0, 0.05) is 32.4 Å². The Bertz CT molecular complexity index is 718. The summed E-state index contributed by atoms with van der Waals surface area (Å²) in [5, 5.41) is -0.578.